The van der Waals surface area contributed by atoms with Gasteiger partial charge in [0.25, 0.3) is 0 Å². The molecule has 80 valence electrons. The van der Waals surface area contributed by atoms with E-state index in [0.29, 0.717) is 18.9 Å². The monoisotopic (exact) mass is 208 g/mol. The van der Waals surface area contributed by atoms with Crippen LogP contribution in [-0.4, -0.2) is 35.7 Å². The number of hydrogen-bond donors (Lipinski definition) is 1. The average Bonchev–Trinajstić information content (AvgIpc) is 2.29. The van der Waals surface area contributed by atoms with E-state index in [2.05, 4.69) is 26.2 Å². The zero-order valence-corrected chi connectivity index (χ0v) is 8.65. The summed E-state index contributed by atoms with van der Waals surface area (Å²) in [5.74, 6) is 2.88. The van der Waals surface area contributed by atoms with Gasteiger partial charge >= 0.3 is 12.0 Å². The van der Waals surface area contributed by atoms with E-state index >= 15 is 0 Å². The second kappa shape index (κ2) is 5.65. The van der Waals surface area contributed by atoms with Crippen molar-refractivity contribution >= 4 is 5.95 Å². The van der Waals surface area contributed by atoms with Gasteiger partial charge in [0.05, 0.1) is 14.2 Å². The molecule has 0 fully saturated rings. The Balaban J connectivity index is 2.74. The van der Waals surface area contributed by atoms with Crippen molar-refractivity contribution in [1.82, 2.24) is 15.0 Å². The first-order chi connectivity index (χ1) is 7.30. The molecule has 0 bridgehead atoms. The maximum atomic E-state index is 5.11. The smallest absolute Gasteiger partial charge is 0.324 e. The molecule has 1 aromatic rings. The Kier molecular flexibility index (Phi) is 4.16. The number of hydrogen-bond acceptors (Lipinski definition) is 6. The summed E-state index contributed by atoms with van der Waals surface area (Å²) in [6.07, 6.45) is 5.71. The van der Waals surface area contributed by atoms with Crippen LogP contribution in [0.2, 0.25) is 0 Å². The number of anilines is 1. The predicted octanol–water partition coefficient (Wildman–Crippen LogP) is 0.324. The first-order valence-electron chi connectivity index (χ1n) is 4.31. The Morgan fingerprint density at radius 3 is 2.27 bits per heavy atom. The fraction of sp³-hybridized carbons (Fsp3) is 0.444. The molecular formula is C9H12N4O2. The van der Waals surface area contributed by atoms with Crippen LogP contribution in [0.15, 0.2) is 0 Å². The second-order valence-corrected chi connectivity index (χ2v) is 2.51. The van der Waals surface area contributed by atoms with Crippen LogP contribution < -0.4 is 14.8 Å². The highest BCUT2D eigenvalue weighted by molar-refractivity contribution is 5.27. The number of nitrogens with one attached hydrogen (secondary N) is 1. The van der Waals surface area contributed by atoms with Gasteiger partial charge in [-0.2, -0.15) is 9.97 Å². The zero-order valence-electron chi connectivity index (χ0n) is 8.65. The molecule has 0 atom stereocenters. The lowest BCUT2D eigenvalue weighted by Gasteiger charge is -2.05. The largest absolute Gasteiger partial charge is 0.467 e. The van der Waals surface area contributed by atoms with E-state index in [1.807, 2.05) is 0 Å². The van der Waals surface area contributed by atoms with E-state index in [1.165, 1.54) is 14.2 Å². The molecule has 6 heteroatoms. The molecule has 0 radical (unpaired) electrons. The summed E-state index contributed by atoms with van der Waals surface area (Å²) < 4.78 is 9.76. The van der Waals surface area contributed by atoms with Gasteiger partial charge in [0, 0.05) is 13.0 Å². The van der Waals surface area contributed by atoms with Crippen LogP contribution in [0, 0.1) is 12.3 Å². The van der Waals surface area contributed by atoms with Crippen molar-refractivity contribution in [3.63, 3.8) is 0 Å². The fourth-order valence-corrected chi connectivity index (χ4v) is 0.846. The summed E-state index contributed by atoms with van der Waals surface area (Å²) in [5, 5.41) is 2.93. The molecule has 0 unspecified atom stereocenters. The topological polar surface area (TPSA) is 69.2 Å². The Bertz CT molecular complexity index is 339. The van der Waals surface area contributed by atoms with E-state index in [1.54, 1.807) is 0 Å². The normalized spacial score (nSPS) is 9.13. The Morgan fingerprint density at radius 1 is 1.20 bits per heavy atom. The number of ether oxygens (including phenoxy) is 2. The van der Waals surface area contributed by atoms with Crippen molar-refractivity contribution in [2.24, 2.45) is 0 Å². The van der Waals surface area contributed by atoms with Crippen molar-refractivity contribution in [2.45, 2.75) is 6.42 Å². The third kappa shape index (κ3) is 3.31. The predicted molar refractivity (Wildman–Crippen MR) is 54.9 cm³/mol. The molecule has 0 aliphatic carbocycles. The Hall–Kier alpha value is -2.03. The molecule has 15 heavy (non-hydrogen) atoms. The molecule has 0 saturated heterocycles. The van der Waals surface area contributed by atoms with Crippen LogP contribution in [0.1, 0.15) is 6.42 Å². The van der Waals surface area contributed by atoms with E-state index in [-0.39, 0.29) is 12.0 Å². The van der Waals surface area contributed by atoms with Crippen molar-refractivity contribution in [3.05, 3.63) is 0 Å². The molecule has 1 N–H and O–H groups in total. The maximum Gasteiger partial charge on any atom is 0.324 e. The second-order valence-electron chi connectivity index (χ2n) is 2.51. The van der Waals surface area contributed by atoms with Crippen LogP contribution in [0.3, 0.4) is 0 Å². The van der Waals surface area contributed by atoms with Crippen LogP contribution in [0.25, 0.3) is 0 Å². The van der Waals surface area contributed by atoms with E-state index in [9.17, 15) is 0 Å². The molecule has 1 aromatic heterocycles. The van der Waals surface area contributed by atoms with Crippen molar-refractivity contribution in [1.29, 1.82) is 0 Å². The van der Waals surface area contributed by atoms with E-state index in [4.69, 9.17) is 15.9 Å². The van der Waals surface area contributed by atoms with Crippen molar-refractivity contribution in [3.8, 4) is 24.4 Å². The summed E-state index contributed by atoms with van der Waals surface area (Å²) in [7, 11) is 2.94. The summed E-state index contributed by atoms with van der Waals surface area (Å²) >= 11 is 0. The van der Waals surface area contributed by atoms with Gasteiger partial charge in [-0.15, -0.1) is 17.3 Å². The molecule has 0 aliphatic heterocycles. The minimum Gasteiger partial charge on any atom is -0.467 e. The molecule has 0 aromatic carbocycles. The number of methoxy groups -OCH3 is 2. The molecule has 0 aliphatic rings. The lowest BCUT2D eigenvalue weighted by molar-refractivity contribution is 0.341. The van der Waals surface area contributed by atoms with Gasteiger partial charge in [-0.05, 0) is 0 Å². The van der Waals surface area contributed by atoms with E-state index < -0.39 is 0 Å². The van der Waals surface area contributed by atoms with Crippen LogP contribution in [-0.2, 0) is 0 Å². The van der Waals surface area contributed by atoms with Gasteiger partial charge in [0.2, 0.25) is 5.95 Å². The lowest BCUT2D eigenvalue weighted by Crippen LogP contribution is -2.07. The van der Waals surface area contributed by atoms with Gasteiger partial charge in [-0.25, -0.2) is 0 Å². The number of terminal acetylenes is 1. The molecule has 1 heterocycles. The lowest BCUT2D eigenvalue weighted by atomic mass is 10.4. The quantitative estimate of drug-likeness (QED) is 0.555. The minimum atomic E-state index is 0.199. The zero-order chi connectivity index (χ0) is 11.1. The number of rotatable bonds is 5. The highest BCUT2D eigenvalue weighted by Crippen LogP contribution is 2.11. The summed E-state index contributed by atoms with van der Waals surface area (Å²) in [4.78, 5) is 11.8. The minimum absolute atomic E-state index is 0.199. The molecule has 0 spiro atoms. The molecule has 0 amide bonds. The number of nitrogens with zero attached hydrogens (tertiary/aromatic N) is 3. The van der Waals surface area contributed by atoms with Crippen LogP contribution in [0.4, 0.5) is 5.95 Å². The van der Waals surface area contributed by atoms with Gasteiger partial charge in [-0.3, -0.25) is 0 Å². The van der Waals surface area contributed by atoms with Gasteiger partial charge in [0.1, 0.15) is 0 Å². The molecule has 6 nitrogen and oxygen atoms in total. The molecule has 0 saturated carbocycles. The van der Waals surface area contributed by atoms with Crippen molar-refractivity contribution in [2.75, 3.05) is 26.1 Å². The highest BCUT2D eigenvalue weighted by atomic mass is 16.5. The molecule has 1 rings (SSSR count). The Morgan fingerprint density at radius 2 is 1.80 bits per heavy atom. The van der Waals surface area contributed by atoms with Gasteiger partial charge in [-0.1, -0.05) is 0 Å². The van der Waals surface area contributed by atoms with Gasteiger partial charge < -0.3 is 14.8 Å². The Labute approximate surface area is 88.1 Å². The SMILES string of the molecule is C#CCCNc1nc(OC)nc(OC)n1. The van der Waals surface area contributed by atoms with E-state index in [0.717, 1.165) is 0 Å². The first kappa shape index (κ1) is 11.0. The van der Waals surface area contributed by atoms with Crippen LogP contribution >= 0.6 is 0 Å². The first-order valence-corrected chi connectivity index (χ1v) is 4.31. The molecular weight excluding hydrogens is 196 g/mol. The standard InChI is InChI=1S/C9H12N4O2/c1-4-5-6-10-7-11-8(14-2)13-9(12-7)15-3/h1H,5-6H2,2-3H3,(H,10,11,12,13). The number of aromatic nitrogens is 3. The highest BCUT2D eigenvalue weighted by Gasteiger charge is 2.05. The average molecular weight is 208 g/mol. The maximum absolute atomic E-state index is 5.11. The van der Waals surface area contributed by atoms with Crippen LogP contribution in [0.5, 0.6) is 12.0 Å². The summed E-state index contributed by atoms with van der Waals surface area (Å²) in [6.45, 7) is 0.590. The third-order valence-electron chi connectivity index (χ3n) is 1.51. The fourth-order valence-electron chi connectivity index (χ4n) is 0.846. The summed E-state index contributed by atoms with van der Waals surface area (Å²) in [6, 6.07) is 0.398. The summed E-state index contributed by atoms with van der Waals surface area (Å²) in [5.41, 5.74) is 0. The van der Waals surface area contributed by atoms with Gasteiger partial charge in [0.15, 0.2) is 0 Å². The third-order valence-corrected chi connectivity index (χ3v) is 1.51. The van der Waals surface area contributed by atoms with Crippen molar-refractivity contribution < 1.29 is 9.47 Å².